The molecular weight excluding hydrogens is 206 g/mol. The van der Waals surface area contributed by atoms with Gasteiger partial charge in [-0.25, -0.2) is 4.79 Å². The third-order valence-corrected chi connectivity index (χ3v) is 1.97. The molecule has 0 saturated carbocycles. The molecule has 0 aliphatic carbocycles. The van der Waals surface area contributed by atoms with Crippen molar-refractivity contribution in [3.05, 3.63) is 36.4 Å². The number of rotatable bonds is 5. The van der Waals surface area contributed by atoms with Gasteiger partial charge in [-0.05, 0) is 12.1 Å². The molecule has 1 aromatic carbocycles. The summed E-state index contributed by atoms with van der Waals surface area (Å²) < 4.78 is 9.64. The molecule has 0 atom stereocenters. The monoisotopic (exact) mass is 221 g/mol. The van der Waals surface area contributed by atoms with E-state index in [1.165, 1.54) is 13.2 Å². The van der Waals surface area contributed by atoms with Gasteiger partial charge in [-0.1, -0.05) is 18.2 Å². The van der Waals surface area contributed by atoms with Crippen molar-refractivity contribution in [2.75, 3.05) is 26.1 Å². The summed E-state index contributed by atoms with van der Waals surface area (Å²) in [5.74, 6) is 0.413. The Bertz CT molecular complexity index is 374. The maximum atomic E-state index is 10.8. The molecule has 0 aromatic heterocycles. The molecule has 1 aromatic rings. The van der Waals surface area contributed by atoms with Crippen molar-refractivity contribution in [1.82, 2.24) is 0 Å². The van der Waals surface area contributed by atoms with Gasteiger partial charge in [0.05, 0.1) is 19.9 Å². The van der Waals surface area contributed by atoms with Crippen molar-refractivity contribution < 1.29 is 14.3 Å². The molecule has 0 amide bonds. The lowest BCUT2D eigenvalue weighted by molar-refractivity contribution is -0.134. The van der Waals surface area contributed by atoms with Crippen LogP contribution in [-0.2, 0) is 9.53 Å². The van der Waals surface area contributed by atoms with E-state index in [4.69, 9.17) is 4.74 Å². The molecule has 1 rings (SSSR count). The molecule has 0 aliphatic heterocycles. The van der Waals surface area contributed by atoms with Crippen LogP contribution in [-0.4, -0.2) is 26.7 Å². The Kier molecular flexibility index (Phi) is 4.92. The summed E-state index contributed by atoms with van der Waals surface area (Å²) in [5, 5.41) is 3.12. The highest BCUT2D eigenvalue weighted by atomic mass is 16.5. The number of nitrogens with one attached hydrogen (secondary N) is 1. The van der Waals surface area contributed by atoms with Crippen LogP contribution in [0.1, 0.15) is 0 Å². The van der Waals surface area contributed by atoms with Crippen LogP contribution in [0.3, 0.4) is 0 Å². The second kappa shape index (κ2) is 6.50. The second-order valence-electron chi connectivity index (χ2n) is 3.01. The predicted molar refractivity (Wildman–Crippen MR) is 62.6 cm³/mol. The Morgan fingerprint density at radius 2 is 2.12 bits per heavy atom. The normalized spacial score (nSPS) is 10.1. The lowest BCUT2D eigenvalue weighted by Gasteiger charge is -2.08. The second-order valence-corrected chi connectivity index (χ2v) is 3.01. The fourth-order valence-electron chi connectivity index (χ4n) is 1.18. The maximum absolute atomic E-state index is 10.8. The molecule has 86 valence electrons. The van der Waals surface area contributed by atoms with Gasteiger partial charge in [0.1, 0.15) is 5.75 Å². The van der Waals surface area contributed by atoms with Crippen molar-refractivity contribution in [1.29, 1.82) is 0 Å². The zero-order valence-electron chi connectivity index (χ0n) is 9.40. The number of esters is 1. The third-order valence-electron chi connectivity index (χ3n) is 1.97. The predicted octanol–water partition coefficient (Wildman–Crippen LogP) is 1.84. The fraction of sp³-hybridized carbons (Fsp3) is 0.250. The Morgan fingerprint density at radius 1 is 1.38 bits per heavy atom. The van der Waals surface area contributed by atoms with Gasteiger partial charge in [0, 0.05) is 12.6 Å². The zero-order chi connectivity index (χ0) is 11.8. The fourth-order valence-corrected chi connectivity index (χ4v) is 1.18. The highest BCUT2D eigenvalue weighted by Gasteiger charge is 1.98. The molecule has 0 unspecified atom stereocenters. The standard InChI is InChI=1S/C12H15NO3/c1-15-11-7-4-3-6-10(11)13-9-5-8-12(14)16-2/h3-8,13H,9H2,1-2H3/b8-5+. The van der Waals surface area contributed by atoms with Crippen molar-refractivity contribution in [2.24, 2.45) is 0 Å². The Hall–Kier alpha value is -1.97. The highest BCUT2D eigenvalue weighted by Crippen LogP contribution is 2.22. The molecule has 4 heteroatoms. The summed E-state index contributed by atoms with van der Waals surface area (Å²) in [4.78, 5) is 10.8. The first-order chi connectivity index (χ1) is 7.77. The molecule has 0 saturated heterocycles. The first-order valence-corrected chi connectivity index (χ1v) is 4.89. The number of ether oxygens (including phenoxy) is 2. The number of hydrogen-bond acceptors (Lipinski definition) is 4. The zero-order valence-corrected chi connectivity index (χ0v) is 9.40. The number of hydrogen-bond donors (Lipinski definition) is 1. The van der Waals surface area contributed by atoms with Gasteiger partial charge in [0.2, 0.25) is 0 Å². The van der Waals surface area contributed by atoms with Crippen molar-refractivity contribution >= 4 is 11.7 Å². The van der Waals surface area contributed by atoms with Gasteiger partial charge in [0.25, 0.3) is 0 Å². The molecule has 0 heterocycles. The van der Waals surface area contributed by atoms with Crippen molar-refractivity contribution in [3.63, 3.8) is 0 Å². The first-order valence-electron chi connectivity index (χ1n) is 4.89. The number of para-hydroxylation sites is 2. The Morgan fingerprint density at radius 3 is 2.81 bits per heavy atom. The molecular formula is C12H15NO3. The smallest absolute Gasteiger partial charge is 0.330 e. The molecule has 0 bridgehead atoms. The number of carbonyl (C=O) groups excluding carboxylic acids is 1. The van der Waals surface area contributed by atoms with Gasteiger partial charge in [-0.2, -0.15) is 0 Å². The van der Waals surface area contributed by atoms with E-state index in [1.54, 1.807) is 13.2 Å². The van der Waals surface area contributed by atoms with Gasteiger partial charge in [0.15, 0.2) is 0 Å². The molecule has 0 aliphatic rings. The van der Waals surface area contributed by atoms with Crippen LogP contribution in [0.15, 0.2) is 36.4 Å². The average Bonchev–Trinajstić information content (AvgIpc) is 2.34. The van der Waals surface area contributed by atoms with Crippen LogP contribution >= 0.6 is 0 Å². The number of carbonyl (C=O) groups is 1. The summed E-state index contributed by atoms with van der Waals surface area (Å²) in [6.45, 7) is 0.537. The minimum absolute atomic E-state index is 0.359. The van der Waals surface area contributed by atoms with E-state index in [1.807, 2.05) is 24.3 Å². The lowest BCUT2D eigenvalue weighted by atomic mass is 10.3. The van der Waals surface area contributed by atoms with E-state index in [-0.39, 0.29) is 5.97 Å². The summed E-state index contributed by atoms with van der Waals surface area (Å²) >= 11 is 0. The highest BCUT2D eigenvalue weighted by molar-refractivity contribution is 5.81. The summed E-state index contributed by atoms with van der Waals surface area (Å²) in [6.07, 6.45) is 3.07. The van der Waals surface area contributed by atoms with E-state index in [9.17, 15) is 4.79 Å². The van der Waals surface area contributed by atoms with Gasteiger partial charge in [-0.3, -0.25) is 0 Å². The average molecular weight is 221 g/mol. The van der Waals surface area contributed by atoms with E-state index in [0.717, 1.165) is 11.4 Å². The molecule has 0 radical (unpaired) electrons. The summed E-state index contributed by atoms with van der Waals surface area (Å²) in [7, 11) is 2.96. The van der Waals surface area contributed by atoms with Crippen molar-refractivity contribution in [2.45, 2.75) is 0 Å². The topological polar surface area (TPSA) is 47.6 Å². The van der Waals surface area contributed by atoms with Crippen LogP contribution in [0.25, 0.3) is 0 Å². The Balaban J connectivity index is 2.48. The molecule has 4 nitrogen and oxygen atoms in total. The first kappa shape index (κ1) is 12.1. The SMILES string of the molecule is COC(=O)/C=C/CNc1ccccc1OC. The molecule has 16 heavy (non-hydrogen) atoms. The quantitative estimate of drug-likeness (QED) is 0.608. The minimum Gasteiger partial charge on any atom is -0.495 e. The molecule has 1 N–H and O–H groups in total. The van der Waals surface area contributed by atoms with Crippen LogP contribution in [0.2, 0.25) is 0 Å². The van der Waals surface area contributed by atoms with Gasteiger partial charge >= 0.3 is 5.97 Å². The largest absolute Gasteiger partial charge is 0.495 e. The van der Waals surface area contributed by atoms with Gasteiger partial charge in [-0.15, -0.1) is 0 Å². The van der Waals surface area contributed by atoms with Crippen LogP contribution < -0.4 is 10.1 Å². The van der Waals surface area contributed by atoms with E-state index in [0.29, 0.717) is 6.54 Å². The minimum atomic E-state index is -0.359. The Labute approximate surface area is 94.9 Å². The summed E-state index contributed by atoms with van der Waals surface area (Å²) in [5.41, 5.74) is 0.888. The maximum Gasteiger partial charge on any atom is 0.330 e. The summed E-state index contributed by atoms with van der Waals surface area (Å²) in [6, 6.07) is 7.58. The van der Waals surface area contributed by atoms with Gasteiger partial charge < -0.3 is 14.8 Å². The van der Waals surface area contributed by atoms with E-state index in [2.05, 4.69) is 10.1 Å². The van der Waals surface area contributed by atoms with E-state index < -0.39 is 0 Å². The van der Waals surface area contributed by atoms with Crippen molar-refractivity contribution in [3.8, 4) is 5.75 Å². The van der Waals surface area contributed by atoms with Crippen LogP contribution in [0, 0.1) is 0 Å². The molecule has 0 fully saturated rings. The lowest BCUT2D eigenvalue weighted by Crippen LogP contribution is -2.02. The number of methoxy groups -OCH3 is 2. The third kappa shape index (κ3) is 3.65. The van der Waals surface area contributed by atoms with Crippen LogP contribution in [0.4, 0.5) is 5.69 Å². The number of anilines is 1. The van der Waals surface area contributed by atoms with E-state index >= 15 is 0 Å². The van der Waals surface area contributed by atoms with Crippen LogP contribution in [0.5, 0.6) is 5.75 Å². The molecule has 0 spiro atoms. The number of benzene rings is 1.